The van der Waals surface area contributed by atoms with E-state index in [0.717, 1.165) is 216 Å². The number of fused-ring (bicyclic) bond motifs is 18. The number of nitrogens with zero attached hydrogens (tertiary/aromatic N) is 12. The van der Waals surface area contributed by atoms with E-state index in [9.17, 15) is 0 Å². The first-order valence-electron chi connectivity index (χ1n) is 48.7. The number of benzene rings is 17. The molecule has 0 N–H and O–H groups in total. The first kappa shape index (κ1) is 97.9. The van der Waals surface area contributed by atoms with Crippen LogP contribution in [0.2, 0.25) is 0 Å². The van der Waals surface area contributed by atoms with Crippen LogP contribution in [0.4, 0.5) is 0 Å². The zero-order valence-corrected chi connectivity index (χ0v) is 89.6. The van der Waals surface area contributed by atoms with Gasteiger partial charge in [-0.1, -0.05) is 269 Å². The molecule has 0 unspecified atom stereocenters. The standard InChI is InChI=1S/C36H21N3.2C33H21N3.C32H19N3.4Pt/c1-2-15-31-27(12-1)28-13-3-5-17-33(28)38-36(31)25-19-20-30-29-14-4-6-18-34(29)39(35(30)23-25)26-11-9-10-24(22-26)32-16-7-8-21-37-32;1-22-17-18-34-31(19-22)24-8-6-9-26(20-24)36-32-12-5-3-10-27(32)28-15-13-25(21-33(28)36)30-16-14-23-7-2-4-11-29(23)35-30;1-22-15-16-34-30(17-22)24-9-6-10-27(18-24)36-32-12-5-4-11-28(32)29-14-13-25(20-33(29)36)31-19-23-7-2-3-8-26(23)21-35-31;1-2-11-26-22(8-1)17-19-34-32(26)24-15-16-28-27-12-3-4-14-30(27)35(31(28)21-24)25-10-7-9-23(20-25)29-13-5-6-18-33-29;;;;/h1-21H;2-19H,1H3;2-17,19,21H,1H3;1-19H;;;;/q4*-2;4*+2. The van der Waals surface area contributed by atoms with Gasteiger partial charge in [-0.05, 0) is 230 Å². The normalized spacial score (nSPS) is 11.2. The average Bonchev–Trinajstić information content (AvgIpc) is 1.59. The summed E-state index contributed by atoms with van der Waals surface area (Å²) < 4.78 is 8.98. The molecular formula is C134H82N12Pt4. The summed E-state index contributed by atoms with van der Waals surface area (Å²) in [5, 5.41) is 18.6. The molecule has 17 aromatic carbocycles. The Morgan fingerprint density at radius 1 is 0.180 bits per heavy atom. The van der Waals surface area contributed by atoms with Crippen molar-refractivity contribution in [3.63, 3.8) is 0 Å². The maximum Gasteiger partial charge on any atom is 2.00 e. The van der Waals surface area contributed by atoms with Crippen LogP contribution in [0.3, 0.4) is 0 Å². The molecule has 12 heterocycles. The van der Waals surface area contributed by atoms with Gasteiger partial charge in [-0.3, -0.25) is 9.97 Å². The van der Waals surface area contributed by atoms with Gasteiger partial charge in [-0.25, -0.2) is 0 Å². The number of pyridine rings is 8. The van der Waals surface area contributed by atoms with Crippen LogP contribution in [0, 0.1) is 62.4 Å². The van der Waals surface area contributed by atoms with Gasteiger partial charge < -0.3 is 48.2 Å². The van der Waals surface area contributed by atoms with Crippen LogP contribution in [0.25, 0.3) is 254 Å². The summed E-state index contributed by atoms with van der Waals surface area (Å²) in [5.74, 6) is 0. The predicted octanol–water partition coefficient (Wildman–Crippen LogP) is 32.4. The van der Waals surface area contributed by atoms with Crippen molar-refractivity contribution >= 4 is 141 Å². The summed E-state index contributed by atoms with van der Waals surface area (Å²) in [6.07, 6.45) is 11.1. The van der Waals surface area contributed by atoms with Gasteiger partial charge in [-0.15, -0.1) is 214 Å². The summed E-state index contributed by atoms with van der Waals surface area (Å²) in [6.45, 7) is 4.17. The molecule has 0 fully saturated rings. The molecule has 0 atom stereocenters. The van der Waals surface area contributed by atoms with Gasteiger partial charge in [0.1, 0.15) is 0 Å². The van der Waals surface area contributed by atoms with Crippen LogP contribution in [0.5, 0.6) is 0 Å². The number of aromatic nitrogens is 12. The van der Waals surface area contributed by atoms with Crippen LogP contribution < -0.4 is 0 Å². The monoisotopic (exact) mass is 2640 g/mol. The second-order valence-corrected chi connectivity index (χ2v) is 36.3. The molecule has 16 heteroatoms. The maximum absolute atomic E-state index is 5.13. The largest absolute Gasteiger partial charge is 2.00 e. The van der Waals surface area contributed by atoms with Crippen molar-refractivity contribution in [2.45, 2.75) is 13.8 Å². The first-order valence-corrected chi connectivity index (χ1v) is 48.7. The van der Waals surface area contributed by atoms with Gasteiger partial charge in [0.15, 0.2) is 0 Å². The Hall–Kier alpha value is -16.8. The molecule has 0 aliphatic heterocycles. The third-order valence-electron chi connectivity index (χ3n) is 27.3. The Morgan fingerprint density at radius 2 is 0.527 bits per heavy atom. The zero-order chi connectivity index (χ0) is 97.1. The van der Waals surface area contributed by atoms with E-state index < -0.39 is 0 Å². The van der Waals surface area contributed by atoms with Crippen molar-refractivity contribution in [2.75, 3.05) is 0 Å². The minimum Gasteiger partial charge on any atom is -0.346 e. The molecule has 0 saturated heterocycles. The smallest absolute Gasteiger partial charge is 0.346 e. The molecule has 29 aromatic rings. The zero-order valence-electron chi connectivity index (χ0n) is 80.5. The van der Waals surface area contributed by atoms with Crippen LogP contribution >= 0.6 is 0 Å². The van der Waals surface area contributed by atoms with Crippen molar-refractivity contribution in [3.05, 3.63) is 521 Å². The van der Waals surface area contributed by atoms with E-state index in [1.807, 2.05) is 122 Å². The fourth-order valence-corrected chi connectivity index (χ4v) is 20.4. The molecule has 718 valence electrons. The quantitative estimate of drug-likeness (QED) is 0.0875. The summed E-state index contributed by atoms with van der Waals surface area (Å²) >= 11 is 0. The van der Waals surface area contributed by atoms with E-state index in [1.165, 1.54) is 48.8 Å². The van der Waals surface area contributed by atoms with E-state index in [1.54, 1.807) is 0 Å². The van der Waals surface area contributed by atoms with E-state index in [0.29, 0.717) is 0 Å². The molecule has 0 amide bonds. The fourth-order valence-electron chi connectivity index (χ4n) is 20.4. The molecule has 0 saturated carbocycles. The van der Waals surface area contributed by atoms with Gasteiger partial charge >= 0.3 is 84.3 Å². The molecule has 29 rings (SSSR count). The molecule has 0 radical (unpaired) electrons. The van der Waals surface area contributed by atoms with Crippen molar-refractivity contribution in [3.8, 4) is 113 Å². The number of hydrogen-bond donors (Lipinski definition) is 0. The van der Waals surface area contributed by atoms with Gasteiger partial charge in [0, 0.05) is 64.6 Å². The summed E-state index contributed by atoms with van der Waals surface area (Å²) in [7, 11) is 0. The summed E-state index contributed by atoms with van der Waals surface area (Å²) in [5.41, 5.74) is 31.7. The van der Waals surface area contributed by atoms with Crippen LogP contribution in [0.1, 0.15) is 11.1 Å². The summed E-state index contributed by atoms with van der Waals surface area (Å²) in [4.78, 5) is 37.8. The number of rotatable bonds is 12. The van der Waals surface area contributed by atoms with Crippen molar-refractivity contribution in [1.82, 2.24) is 58.1 Å². The van der Waals surface area contributed by atoms with Crippen molar-refractivity contribution in [2.24, 2.45) is 0 Å². The fraction of sp³-hybridized carbons (Fsp3) is 0.0149. The molecule has 0 spiro atoms. The third kappa shape index (κ3) is 18.6. The second-order valence-electron chi connectivity index (χ2n) is 36.3. The Kier molecular flexibility index (Phi) is 27.8. The molecule has 150 heavy (non-hydrogen) atoms. The van der Waals surface area contributed by atoms with E-state index in [4.69, 9.17) is 19.9 Å². The van der Waals surface area contributed by atoms with Gasteiger partial charge in [-0.2, -0.15) is 0 Å². The van der Waals surface area contributed by atoms with Crippen LogP contribution in [-0.4, -0.2) is 58.1 Å². The molecule has 0 aliphatic rings. The average molecular weight is 2640 g/mol. The van der Waals surface area contributed by atoms with Crippen LogP contribution in [-0.2, 0) is 84.3 Å². The Bertz CT molecular complexity index is 9900. The summed E-state index contributed by atoms with van der Waals surface area (Å²) in [6, 6.07) is 176. The van der Waals surface area contributed by atoms with E-state index in [-0.39, 0.29) is 84.3 Å². The molecule has 0 bridgehead atoms. The Balaban J connectivity index is 0.000000112. The van der Waals surface area contributed by atoms with E-state index in [2.05, 4.69) is 440 Å². The van der Waals surface area contributed by atoms with Crippen LogP contribution in [0.15, 0.2) is 462 Å². The SMILES string of the molecule is Cc1ccnc(-c2[c-]c(-n3c4[c-]c(-c5cc6ccccc6cn5)ccc4c4ccccc43)ccc2)c1.Cc1ccnc(-c2[c-]c(-n3c4[c-]c(-c5ccc6ccccc6n5)ccc4c4ccccc43)ccc2)c1.[Pt+2].[Pt+2].[Pt+2].[Pt+2].[c-]1c(-c2ccccn2)cccc1-n1c2[c-]c(-c3nc4ccccc4c4ccccc34)ccc2c2ccccc21.[c-]1c(-c2ccccn2)cccc1-n1c2[c-]c(-c3nccc4ccccc34)ccc2c2ccccc21. The van der Waals surface area contributed by atoms with E-state index >= 15 is 0 Å². The Morgan fingerprint density at radius 3 is 0.993 bits per heavy atom. The minimum absolute atomic E-state index is 0. The predicted molar refractivity (Wildman–Crippen MR) is 597 cm³/mol. The second kappa shape index (κ2) is 42.6. The number of aryl methyl sites for hydroxylation is 2. The molecule has 12 nitrogen and oxygen atoms in total. The number of hydrogen-bond acceptors (Lipinski definition) is 8. The Labute approximate surface area is 923 Å². The molecule has 12 aromatic heterocycles. The minimum atomic E-state index is 0. The van der Waals surface area contributed by atoms with Gasteiger partial charge in [0.05, 0.1) is 11.0 Å². The maximum atomic E-state index is 5.13. The molecular weight excluding hydrogens is 2560 g/mol. The topological polar surface area (TPSA) is 123 Å². The van der Waals surface area contributed by atoms with Crippen molar-refractivity contribution in [1.29, 1.82) is 0 Å². The first-order chi connectivity index (χ1) is 72.2. The van der Waals surface area contributed by atoms with Gasteiger partial charge in [0.2, 0.25) is 0 Å². The molecule has 0 aliphatic carbocycles. The third-order valence-corrected chi connectivity index (χ3v) is 27.3. The van der Waals surface area contributed by atoms with Crippen molar-refractivity contribution < 1.29 is 84.3 Å². The number of para-hydroxylation sites is 6. The van der Waals surface area contributed by atoms with Gasteiger partial charge in [0.25, 0.3) is 0 Å².